The Hall–Kier alpha value is -0.380. The maximum Gasteiger partial charge on any atom is 0.0479 e. The Kier molecular flexibility index (Phi) is 4.93. The molecule has 1 aromatic heterocycles. The van der Waals surface area contributed by atoms with Gasteiger partial charge in [-0.15, -0.1) is 11.3 Å². The Morgan fingerprint density at radius 3 is 2.60 bits per heavy atom. The normalized spacial score (nSPS) is 24.8. The second-order valence-corrected chi connectivity index (χ2v) is 8.60. The van der Waals surface area contributed by atoms with Crippen molar-refractivity contribution < 1.29 is 0 Å². The number of nitrogens with zero attached hydrogens (tertiary/aromatic N) is 1. The van der Waals surface area contributed by atoms with Crippen LogP contribution in [-0.4, -0.2) is 31.1 Å². The first-order valence-corrected chi connectivity index (χ1v) is 8.64. The van der Waals surface area contributed by atoms with E-state index < -0.39 is 0 Å². The van der Waals surface area contributed by atoms with Crippen molar-refractivity contribution in [3.8, 4) is 0 Å². The molecule has 1 aromatic rings. The van der Waals surface area contributed by atoms with Gasteiger partial charge >= 0.3 is 0 Å². The number of hydrogen-bond acceptors (Lipinski definition) is 3. The Balaban J connectivity index is 2.13. The van der Waals surface area contributed by atoms with E-state index >= 15 is 0 Å². The lowest BCUT2D eigenvalue weighted by atomic mass is 9.94. The van der Waals surface area contributed by atoms with Gasteiger partial charge in [0.15, 0.2) is 0 Å². The Labute approximate surface area is 128 Å². The lowest BCUT2D eigenvalue weighted by molar-refractivity contribution is 0.273. The molecule has 0 aromatic carbocycles. The van der Waals surface area contributed by atoms with Crippen LogP contribution >= 0.6 is 11.3 Å². The minimum absolute atomic E-state index is 0.270. The van der Waals surface area contributed by atoms with E-state index in [1.165, 1.54) is 17.8 Å². The van der Waals surface area contributed by atoms with Crippen molar-refractivity contribution in [3.63, 3.8) is 0 Å². The molecule has 0 radical (unpaired) electrons. The summed E-state index contributed by atoms with van der Waals surface area (Å²) in [4.78, 5) is 5.58. The maximum absolute atomic E-state index is 3.62. The van der Waals surface area contributed by atoms with E-state index in [1.807, 2.05) is 11.3 Å². The molecular formula is C17H30N2S. The van der Waals surface area contributed by atoms with Crippen LogP contribution in [0.5, 0.6) is 0 Å². The molecule has 2 unspecified atom stereocenters. The number of nitrogens with one attached hydrogen (secondary N) is 1. The average Bonchev–Trinajstić information content (AvgIpc) is 2.91. The topological polar surface area (TPSA) is 15.3 Å². The van der Waals surface area contributed by atoms with Gasteiger partial charge in [-0.05, 0) is 43.5 Å². The van der Waals surface area contributed by atoms with Gasteiger partial charge in [0, 0.05) is 28.4 Å². The smallest absolute Gasteiger partial charge is 0.0479 e. The molecule has 1 N–H and O–H groups in total. The van der Waals surface area contributed by atoms with Crippen molar-refractivity contribution in [3.05, 3.63) is 21.9 Å². The van der Waals surface area contributed by atoms with Crippen LogP contribution in [0.3, 0.4) is 0 Å². The van der Waals surface area contributed by atoms with Gasteiger partial charge in [0.05, 0.1) is 0 Å². The lowest BCUT2D eigenvalue weighted by Crippen LogP contribution is -2.31. The first kappa shape index (κ1) is 16.0. The Morgan fingerprint density at radius 1 is 1.35 bits per heavy atom. The van der Waals surface area contributed by atoms with Crippen LogP contribution in [0.2, 0.25) is 0 Å². The summed E-state index contributed by atoms with van der Waals surface area (Å²) in [7, 11) is 2.27. The molecule has 1 saturated heterocycles. The quantitative estimate of drug-likeness (QED) is 0.901. The fourth-order valence-electron chi connectivity index (χ4n) is 2.99. The summed E-state index contributed by atoms with van der Waals surface area (Å²) in [6.45, 7) is 13.7. The minimum atomic E-state index is 0.270. The fraction of sp³-hybridized carbons (Fsp3) is 0.765. The monoisotopic (exact) mass is 294 g/mol. The highest BCUT2D eigenvalue weighted by Gasteiger charge is 2.34. The highest BCUT2D eigenvalue weighted by Crippen LogP contribution is 2.41. The lowest BCUT2D eigenvalue weighted by Gasteiger charge is -2.25. The summed E-state index contributed by atoms with van der Waals surface area (Å²) in [6, 6.07) is 5.87. The Bertz CT molecular complexity index is 430. The number of rotatable bonds is 4. The summed E-state index contributed by atoms with van der Waals surface area (Å²) in [5.41, 5.74) is 0.270. The van der Waals surface area contributed by atoms with Gasteiger partial charge in [0.1, 0.15) is 0 Å². The summed E-state index contributed by atoms with van der Waals surface area (Å²) >= 11 is 2.01. The van der Waals surface area contributed by atoms with Gasteiger partial charge in [-0.3, -0.25) is 4.90 Å². The fourth-order valence-corrected chi connectivity index (χ4v) is 4.32. The highest BCUT2D eigenvalue weighted by molar-refractivity contribution is 7.12. The molecule has 0 bridgehead atoms. The summed E-state index contributed by atoms with van der Waals surface area (Å²) in [5.74, 6) is 0.744. The second-order valence-electron chi connectivity index (χ2n) is 7.49. The molecule has 0 amide bonds. The van der Waals surface area contributed by atoms with Crippen molar-refractivity contribution in [2.24, 2.45) is 5.92 Å². The molecule has 1 aliphatic rings. The molecule has 2 heterocycles. The van der Waals surface area contributed by atoms with Crippen LogP contribution in [-0.2, 0) is 5.41 Å². The van der Waals surface area contributed by atoms with E-state index in [4.69, 9.17) is 0 Å². The van der Waals surface area contributed by atoms with Gasteiger partial charge in [0.2, 0.25) is 0 Å². The molecule has 114 valence electrons. The van der Waals surface area contributed by atoms with Crippen LogP contribution in [0, 0.1) is 5.92 Å². The third-order valence-corrected chi connectivity index (χ3v) is 5.80. The van der Waals surface area contributed by atoms with Crippen molar-refractivity contribution >= 4 is 11.3 Å². The summed E-state index contributed by atoms with van der Waals surface area (Å²) in [5, 5.41) is 3.62. The summed E-state index contributed by atoms with van der Waals surface area (Å²) < 4.78 is 0. The van der Waals surface area contributed by atoms with E-state index in [0.29, 0.717) is 12.1 Å². The zero-order valence-electron chi connectivity index (χ0n) is 13.9. The maximum atomic E-state index is 3.62. The molecule has 2 rings (SSSR count). The van der Waals surface area contributed by atoms with E-state index in [9.17, 15) is 0 Å². The zero-order valence-corrected chi connectivity index (χ0v) is 14.7. The van der Waals surface area contributed by atoms with E-state index in [0.717, 1.165) is 12.5 Å². The molecule has 0 saturated carbocycles. The van der Waals surface area contributed by atoms with E-state index in [-0.39, 0.29) is 5.41 Å². The third-order valence-electron chi connectivity index (χ3n) is 4.22. The van der Waals surface area contributed by atoms with Crippen LogP contribution in [0.25, 0.3) is 0 Å². The molecule has 0 spiro atoms. The molecule has 3 heteroatoms. The molecule has 2 atom stereocenters. The predicted octanol–water partition coefficient (Wildman–Crippen LogP) is 4.04. The van der Waals surface area contributed by atoms with Crippen molar-refractivity contribution in [1.29, 1.82) is 0 Å². The largest absolute Gasteiger partial charge is 0.314 e. The van der Waals surface area contributed by atoms with Crippen molar-refractivity contribution in [2.45, 2.75) is 58.5 Å². The van der Waals surface area contributed by atoms with Crippen LogP contribution < -0.4 is 5.32 Å². The van der Waals surface area contributed by atoms with Crippen molar-refractivity contribution in [1.82, 2.24) is 10.2 Å². The van der Waals surface area contributed by atoms with Crippen LogP contribution in [0.15, 0.2) is 12.1 Å². The third kappa shape index (κ3) is 3.63. The molecule has 1 fully saturated rings. The zero-order chi connectivity index (χ0) is 14.9. The Morgan fingerprint density at radius 2 is 2.05 bits per heavy atom. The van der Waals surface area contributed by atoms with Crippen LogP contribution in [0.1, 0.15) is 56.8 Å². The molecule has 0 aliphatic carbocycles. The molecule has 20 heavy (non-hydrogen) atoms. The molecule has 1 aliphatic heterocycles. The SMILES string of the molecule is CC(C)NCC1CCN(C)C1c1ccc(C(C)(C)C)s1. The summed E-state index contributed by atoms with van der Waals surface area (Å²) in [6.07, 6.45) is 1.31. The highest BCUT2D eigenvalue weighted by atomic mass is 32.1. The van der Waals surface area contributed by atoms with Gasteiger partial charge in [-0.1, -0.05) is 34.6 Å². The van der Waals surface area contributed by atoms with Gasteiger partial charge in [-0.25, -0.2) is 0 Å². The predicted molar refractivity (Wildman–Crippen MR) is 89.6 cm³/mol. The first-order valence-electron chi connectivity index (χ1n) is 7.83. The second kappa shape index (κ2) is 6.17. The number of thiophene rings is 1. The minimum Gasteiger partial charge on any atom is -0.314 e. The average molecular weight is 295 g/mol. The molecule has 2 nitrogen and oxygen atoms in total. The van der Waals surface area contributed by atoms with Gasteiger partial charge in [-0.2, -0.15) is 0 Å². The van der Waals surface area contributed by atoms with Crippen molar-refractivity contribution in [2.75, 3.05) is 20.1 Å². The van der Waals surface area contributed by atoms with Gasteiger partial charge < -0.3 is 5.32 Å². The van der Waals surface area contributed by atoms with Crippen LogP contribution in [0.4, 0.5) is 0 Å². The van der Waals surface area contributed by atoms with Gasteiger partial charge in [0.25, 0.3) is 0 Å². The number of hydrogen-bond donors (Lipinski definition) is 1. The van der Waals surface area contributed by atoms with E-state index in [1.54, 1.807) is 4.88 Å². The standard InChI is InChI=1S/C17H30N2S/c1-12(2)18-11-13-9-10-19(6)16(13)14-7-8-15(20-14)17(3,4)5/h7-8,12-13,16,18H,9-11H2,1-6H3. The number of likely N-dealkylation sites (tertiary alicyclic amines) is 1. The first-order chi connectivity index (χ1) is 9.29. The molecular weight excluding hydrogens is 264 g/mol. The van der Waals surface area contributed by atoms with E-state index in [2.05, 4.69) is 64.0 Å².